The fourth-order valence-electron chi connectivity index (χ4n) is 9.90. The Morgan fingerprint density at radius 3 is 1.62 bits per heavy atom. The number of nitrogens with zero attached hydrogens (tertiary/aromatic N) is 2. The second-order valence-electron chi connectivity index (χ2n) is 16.4. The summed E-state index contributed by atoms with van der Waals surface area (Å²) >= 11 is 0. The van der Waals surface area contributed by atoms with Crippen molar-refractivity contribution in [2.24, 2.45) is 0 Å². The van der Waals surface area contributed by atoms with E-state index in [-0.39, 0.29) is 0 Å². The van der Waals surface area contributed by atoms with Crippen LogP contribution < -0.4 is 4.90 Å². The Labute approximate surface area is 373 Å². The zero-order chi connectivity index (χ0) is 42.4. The van der Waals surface area contributed by atoms with Crippen molar-refractivity contribution in [2.45, 2.75) is 0 Å². The Kier molecular flexibility index (Phi) is 9.20. The van der Waals surface area contributed by atoms with Crippen molar-refractivity contribution in [1.82, 2.24) is 4.57 Å². The summed E-state index contributed by atoms with van der Waals surface area (Å²) in [4.78, 5) is 2.52. The van der Waals surface area contributed by atoms with Crippen LogP contribution in [0, 0.1) is 0 Å². The standard InChI is InChI=1S/C62H42N2/c1-4-19-44(20-5-1)52-39-37-47(51-32-16-24-43-23-10-11-29-50(43)51)41-60(52)64(49-38-40-56-54-30-12-14-35-58(54)63(61(56)42-49)48-27-8-3-9-28-48)59-36-15-13-31-55(59)57-34-18-26-46-25-17-33-53(62(46)57)45-21-6-2-7-22-45/h1-42H. The topological polar surface area (TPSA) is 8.17 Å². The average molecular weight is 815 g/mol. The molecule has 0 amide bonds. The molecule has 1 heterocycles. The molecule has 0 spiro atoms. The third-order valence-electron chi connectivity index (χ3n) is 12.8. The molecule has 0 bridgehead atoms. The van der Waals surface area contributed by atoms with E-state index in [2.05, 4.69) is 264 Å². The van der Waals surface area contributed by atoms with Crippen LogP contribution in [-0.4, -0.2) is 4.57 Å². The molecule has 0 atom stereocenters. The molecule has 0 aliphatic heterocycles. The number of aromatic nitrogens is 1. The van der Waals surface area contributed by atoms with Crippen LogP contribution in [-0.2, 0) is 0 Å². The van der Waals surface area contributed by atoms with E-state index in [1.54, 1.807) is 0 Å². The fourth-order valence-corrected chi connectivity index (χ4v) is 9.90. The van der Waals surface area contributed by atoms with Gasteiger partial charge in [0.2, 0.25) is 0 Å². The molecule has 0 saturated heterocycles. The maximum Gasteiger partial charge on any atom is 0.0561 e. The molecular formula is C62H42N2. The summed E-state index contributed by atoms with van der Waals surface area (Å²) in [6, 6.07) is 93.0. The fraction of sp³-hybridized carbons (Fsp3) is 0. The summed E-state index contributed by atoms with van der Waals surface area (Å²) < 4.78 is 2.42. The van der Waals surface area contributed by atoms with Gasteiger partial charge < -0.3 is 9.47 Å². The van der Waals surface area contributed by atoms with E-state index >= 15 is 0 Å². The molecule has 300 valence electrons. The predicted octanol–water partition coefficient (Wildman–Crippen LogP) is 17.2. The van der Waals surface area contributed by atoms with Crippen molar-refractivity contribution < 1.29 is 0 Å². The maximum atomic E-state index is 2.52. The first-order chi connectivity index (χ1) is 31.8. The van der Waals surface area contributed by atoms with Gasteiger partial charge >= 0.3 is 0 Å². The minimum absolute atomic E-state index is 1.07. The van der Waals surface area contributed by atoms with E-state index in [0.29, 0.717) is 0 Å². The van der Waals surface area contributed by atoms with Gasteiger partial charge in [-0.2, -0.15) is 0 Å². The van der Waals surface area contributed by atoms with E-state index in [4.69, 9.17) is 0 Å². The smallest absolute Gasteiger partial charge is 0.0561 e. The van der Waals surface area contributed by atoms with Crippen molar-refractivity contribution >= 4 is 60.4 Å². The lowest BCUT2D eigenvalue weighted by Crippen LogP contribution is -2.13. The minimum atomic E-state index is 1.07. The van der Waals surface area contributed by atoms with E-state index in [0.717, 1.165) is 50.5 Å². The highest BCUT2D eigenvalue weighted by Crippen LogP contribution is 2.49. The van der Waals surface area contributed by atoms with E-state index < -0.39 is 0 Å². The van der Waals surface area contributed by atoms with Gasteiger partial charge in [0.05, 0.1) is 22.4 Å². The second kappa shape index (κ2) is 15.8. The summed E-state index contributed by atoms with van der Waals surface area (Å²) in [5.41, 5.74) is 16.1. The Morgan fingerprint density at radius 2 is 0.844 bits per heavy atom. The Hall–Kier alpha value is -8.46. The van der Waals surface area contributed by atoms with Gasteiger partial charge in [0.25, 0.3) is 0 Å². The van der Waals surface area contributed by atoms with Gasteiger partial charge in [-0.25, -0.2) is 0 Å². The number of fused-ring (bicyclic) bond motifs is 5. The molecule has 1 aromatic heterocycles. The predicted molar refractivity (Wildman–Crippen MR) is 272 cm³/mol. The summed E-state index contributed by atoms with van der Waals surface area (Å²) in [5, 5.41) is 7.33. The van der Waals surface area contributed by atoms with Crippen LogP contribution in [0.3, 0.4) is 0 Å². The Morgan fingerprint density at radius 1 is 0.281 bits per heavy atom. The van der Waals surface area contributed by atoms with Crippen LogP contribution in [0.4, 0.5) is 17.1 Å². The molecule has 0 radical (unpaired) electrons. The molecule has 64 heavy (non-hydrogen) atoms. The van der Waals surface area contributed by atoms with Crippen molar-refractivity contribution in [3.05, 3.63) is 255 Å². The lowest BCUT2D eigenvalue weighted by molar-refractivity contribution is 1.18. The molecule has 0 aliphatic rings. The number of para-hydroxylation sites is 3. The molecule has 11 aromatic carbocycles. The number of benzene rings is 11. The summed E-state index contributed by atoms with van der Waals surface area (Å²) in [7, 11) is 0. The third-order valence-corrected chi connectivity index (χ3v) is 12.8. The minimum Gasteiger partial charge on any atom is -0.309 e. The van der Waals surface area contributed by atoms with Gasteiger partial charge in [-0.3, -0.25) is 0 Å². The first-order valence-electron chi connectivity index (χ1n) is 22.0. The normalized spacial score (nSPS) is 11.4. The maximum absolute atomic E-state index is 2.52. The van der Waals surface area contributed by atoms with Gasteiger partial charge in [-0.15, -0.1) is 0 Å². The largest absolute Gasteiger partial charge is 0.309 e. The van der Waals surface area contributed by atoms with Crippen LogP contribution in [0.5, 0.6) is 0 Å². The number of hydrogen-bond donors (Lipinski definition) is 0. The molecular weight excluding hydrogens is 773 g/mol. The molecule has 2 heteroatoms. The SMILES string of the molecule is c1ccc(-c2ccc(-c3cccc4ccccc34)cc2N(c2ccc3c4ccccc4n(-c4ccccc4)c3c2)c2ccccc2-c2cccc3cccc(-c4ccccc4)c23)cc1. The zero-order valence-corrected chi connectivity index (χ0v) is 35.1. The molecule has 0 fully saturated rings. The molecule has 2 nitrogen and oxygen atoms in total. The van der Waals surface area contributed by atoms with Gasteiger partial charge in [-0.05, 0) is 97.4 Å². The number of anilines is 3. The summed E-state index contributed by atoms with van der Waals surface area (Å²) in [5.74, 6) is 0. The Balaban J connectivity index is 1.19. The van der Waals surface area contributed by atoms with Gasteiger partial charge in [0.15, 0.2) is 0 Å². The van der Waals surface area contributed by atoms with Gasteiger partial charge in [0.1, 0.15) is 0 Å². The first kappa shape index (κ1) is 37.3. The average Bonchev–Trinajstić information content (AvgIpc) is 3.70. The van der Waals surface area contributed by atoms with Crippen LogP contribution in [0.1, 0.15) is 0 Å². The van der Waals surface area contributed by atoms with Crippen molar-refractivity contribution in [2.75, 3.05) is 4.90 Å². The molecule has 0 aliphatic carbocycles. The summed E-state index contributed by atoms with van der Waals surface area (Å²) in [6.07, 6.45) is 0. The van der Waals surface area contributed by atoms with E-state index in [9.17, 15) is 0 Å². The van der Waals surface area contributed by atoms with Gasteiger partial charge in [0, 0.05) is 33.3 Å². The van der Waals surface area contributed by atoms with Crippen LogP contribution in [0.25, 0.3) is 93.5 Å². The van der Waals surface area contributed by atoms with E-state index in [1.165, 1.54) is 60.1 Å². The monoisotopic (exact) mass is 814 g/mol. The quantitative estimate of drug-likeness (QED) is 0.148. The molecule has 0 saturated carbocycles. The van der Waals surface area contributed by atoms with Crippen molar-refractivity contribution in [3.8, 4) is 50.2 Å². The molecule has 12 rings (SSSR count). The van der Waals surface area contributed by atoms with Crippen LogP contribution in [0.2, 0.25) is 0 Å². The van der Waals surface area contributed by atoms with Gasteiger partial charge in [-0.1, -0.05) is 212 Å². The lowest BCUT2D eigenvalue weighted by atomic mass is 9.90. The molecule has 0 unspecified atom stereocenters. The summed E-state index contributed by atoms with van der Waals surface area (Å²) in [6.45, 7) is 0. The highest BCUT2D eigenvalue weighted by molar-refractivity contribution is 6.12. The third kappa shape index (κ3) is 6.35. The second-order valence-corrected chi connectivity index (χ2v) is 16.4. The van der Waals surface area contributed by atoms with Crippen LogP contribution in [0.15, 0.2) is 255 Å². The number of rotatable bonds is 8. The van der Waals surface area contributed by atoms with Crippen molar-refractivity contribution in [3.63, 3.8) is 0 Å². The lowest BCUT2D eigenvalue weighted by Gasteiger charge is -2.31. The van der Waals surface area contributed by atoms with Crippen LogP contribution >= 0.6 is 0 Å². The zero-order valence-electron chi connectivity index (χ0n) is 35.1. The highest BCUT2D eigenvalue weighted by Gasteiger charge is 2.24. The Bertz CT molecular complexity index is 3650. The van der Waals surface area contributed by atoms with E-state index in [1.807, 2.05) is 0 Å². The number of hydrogen-bond acceptors (Lipinski definition) is 1. The highest BCUT2D eigenvalue weighted by atomic mass is 15.1. The first-order valence-corrected chi connectivity index (χ1v) is 22.0. The molecule has 0 N–H and O–H groups in total. The van der Waals surface area contributed by atoms with Crippen molar-refractivity contribution in [1.29, 1.82) is 0 Å². The molecule has 12 aromatic rings.